The summed E-state index contributed by atoms with van der Waals surface area (Å²) in [4.78, 5) is 26.8. The maximum atomic E-state index is 14.1. The van der Waals surface area contributed by atoms with E-state index in [1.807, 2.05) is 34.6 Å². The highest BCUT2D eigenvalue weighted by atomic mass is 31.2. The minimum atomic E-state index is -2.17. The average Bonchev–Trinajstić information content (AvgIpc) is 2.97. The first-order valence-corrected chi connectivity index (χ1v) is 19.7. The van der Waals surface area contributed by atoms with Gasteiger partial charge in [0.25, 0.3) is 0 Å². The minimum absolute atomic E-state index is 0.00194. The Labute approximate surface area is 292 Å². The van der Waals surface area contributed by atoms with Crippen LogP contribution in [0.15, 0.2) is 78.9 Å². The van der Waals surface area contributed by atoms with Crippen molar-refractivity contribution >= 4 is 29.9 Å². The van der Waals surface area contributed by atoms with Gasteiger partial charge in [-0.15, -0.1) is 0 Å². The molecule has 0 bridgehead atoms. The van der Waals surface area contributed by atoms with Crippen LogP contribution in [0.2, 0.25) is 0 Å². The standard InChI is InChI=1S/C42H61N2O3P/c1-29(2)36(43-38(45)37(30(3)4)44-39(46)47-42(11,12)13)28-48(34-20-16-14-17-21-34,35-22-18-15-19-23-35)27-31-24-32(40(5,6)7)26-33(25-31)41(8,9)10/h14-26,29-30,36-37H,27-28H2,1-13H3,(H-,43,44,45,46)/p+1/t36-,37?/m1/s1. The summed E-state index contributed by atoms with van der Waals surface area (Å²) in [6.45, 7) is 27.5. The molecule has 0 saturated heterocycles. The molecule has 0 fully saturated rings. The van der Waals surface area contributed by atoms with E-state index in [1.54, 1.807) is 0 Å². The summed E-state index contributed by atoms with van der Waals surface area (Å²) in [7, 11) is -2.17. The van der Waals surface area contributed by atoms with Crippen molar-refractivity contribution in [3.63, 3.8) is 0 Å². The molecular weight excluding hydrogens is 611 g/mol. The number of hydrogen-bond donors (Lipinski definition) is 2. The molecule has 48 heavy (non-hydrogen) atoms. The van der Waals surface area contributed by atoms with Gasteiger partial charge in [-0.1, -0.05) is 124 Å². The van der Waals surface area contributed by atoms with E-state index in [0.29, 0.717) is 0 Å². The second kappa shape index (κ2) is 15.6. The molecule has 2 atom stereocenters. The number of amides is 2. The Kier molecular flexibility index (Phi) is 12.7. The first kappa shape index (κ1) is 39.3. The van der Waals surface area contributed by atoms with Crippen LogP contribution in [0.25, 0.3) is 0 Å². The van der Waals surface area contributed by atoms with Gasteiger partial charge in [-0.05, 0) is 84.4 Å². The number of benzene rings is 3. The van der Waals surface area contributed by atoms with Crippen LogP contribution in [-0.2, 0) is 26.5 Å². The predicted octanol–water partition coefficient (Wildman–Crippen LogP) is 9.14. The van der Waals surface area contributed by atoms with Crippen LogP contribution in [0, 0.1) is 11.8 Å². The van der Waals surface area contributed by atoms with Crippen molar-refractivity contribution < 1.29 is 14.3 Å². The maximum Gasteiger partial charge on any atom is 0.408 e. The van der Waals surface area contributed by atoms with Gasteiger partial charge in [0.1, 0.15) is 11.6 Å². The van der Waals surface area contributed by atoms with Crippen LogP contribution < -0.4 is 21.2 Å². The maximum absolute atomic E-state index is 14.1. The van der Waals surface area contributed by atoms with Gasteiger partial charge in [-0.25, -0.2) is 4.79 Å². The zero-order valence-corrected chi connectivity index (χ0v) is 32.8. The molecule has 0 aliphatic carbocycles. The Hall–Kier alpha value is -3.17. The van der Waals surface area contributed by atoms with Gasteiger partial charge in [0.2, 0.25) is 5.91 Å². The van der Waals surface area contributed by atoms with E-state index in [0.717, 1.165) is 12.3 Å². The molecule has 2 N–H and O–H groups in total. The predicted molar refractivity (Wildman–Crippen MR) is 206 cm³/mol. The van der Waals surface area contributed by atoms with Gasteiger partial charge in [0.15, 0.2) is 0 Å². The molecule has 0 radical (unpaired) electrons. The van der Waals surface area contributed by atoms with Gasteiger partial charge in [0.05, 0.1) is 36.2 Å². The van der Waals surface area contributed by atoms with Crippen molar-refractivity contribution in [2.75, 3.05) is 6.16 Å². The van der Waals surface area contributed by atoms with E-state index >= 15 is 0 Å². The Bertz CT molecular complexity index is 1420. The monoisotopic (exact) mass is 673 g/mol. The van der Waals surface area contributed by atoms with Crippen molar-refractivity contribution in [3.8, 4) is 0 Å². The molecule has 3 aromatic carbocycles. The first-order valence-electron chi connectivity index (χ1n) is 17.6. The van der Waals surface area contributed by atoms with E-state index in [9.17, 15) is 9.59 Å². The van der Waals surface area contributed by atoms with E-state index in [2.05, 4.69) is 145 Å². The average molecular weight is 674 g/mol. The fourth-order valence-electron chi connectivity index (χ4n) is 6.00. The SMILES string of the molecule is CC(C)C(NC(=O)OC(C)(C)C)C(=O)N[C@H](C[P+](Cc1cc(C(C)(C)C)cc(C(C)(C)C)c1)(c1ccccc1)c1ccccc1)C(C)C. The fourth-order valence-corrected chi connectivity index (χ4v) is 10.7. The second-order valence-corrected chi connectivity index (χ2v) is 20.8. The smallest absolute Gasteiger partial charge is 0.408 e. The van der Waals surface area contributed by atoms with Crippen LogP contribution in [-0.4, -0.2) is 35.8 Å². The van der Waals surface area contributed by atoms with E-state index in [-0.39, 0.29) is 34.6 Å². The number of hydrogen-bond acceptors (Lipinski definition) is 3. The first-order chi connectivity index (χ1) is 22.1. The fraction of sp³-hybridized carbons (Fsp3) is 0.524. The third-order valence-electron chi connectivity index (χ3n) is 8.94. The largest absolute Gasteiger partial charge is 0.444 e. The topological polar surface area (TPSA) is 67.4 Å². The van der Waals surface area contributed by atoms with Crippen molar-refractivity contribution in [1.29, 1.82) is 0 Å². The van der Waals surface area contributed by atoms with E-state index in [1.165, 1.54) is 27.3 Å². The number of ether oxygens (including phenoxy) is 1. The van der Waals surface area contributed by atoms with Crippen LogP contribution in [0.5, 0.6) is 0 Å². The van der Waals surface area contributed by atoms with Gasteiger partial charge in [0, 0.05) is 0 Å². The van der Waals surface area contributed by atoms with Gasteiger partial charge < -0.3 is 15.4 Å². The summed E-state index contributed by atoms with van der Waals surface area (Å²) >= 11 is 0. The zero-order chi connectivity index (χ0) is 36.1. The van der Waals surface area contributed by atoms with Gasteiger partial charge in [-0.2, -0.15) is 0 Å². The molecule has 0 aliphatic rings. The molecule has 3 rings (SSSR count). The quantitative estimate of drug-likeness (QED) is 0.200. The molecule has 0 aromatic heterocycles. The van der Waals surface area contributed by atoms with Gasteiger partial charge >= 0.3 is 6.09 Å². The summed E-state index contributed by atoms with van der Waals surface area (Å²) in [5.74, 6) is -0.149. The highest BCUT2D eigenvalue weighted by Gasteiger charge is 2.46. The van der Waals surface area contributed by atoms with Crippen LogP contribution in [0.3, 0.4) is 0 Å². The number of carbonyl (C=O) groups excluding carboxylic acids is 2. The molecule has 262 valence electrons. The molecule has 6 heteroatoms. The number of alkyl carbamates (subject to hydrolysis) is 1. The van der Waals surface area contributed by atoms with Crippen LogP contribution in [0.4, 0.5) is 4.79 Å². The van der Waals surface area contributed by atoms with Crippen molar-refractivity contribution in [3.05, 3.63) is 95.6 Å². The lowest BCUT2D eigenvalue weighted by atomic mass is 9.80. The lowest BCUT2D eigenvalue weighted by Gasteiger charge is -2.35. The summed E-state index contributed by atoms with van der Waals surface area (Å²) in [5.41, 5.74) is 3.34. The number of rotatable bonds is 11. The third kappa shape index (κ3) is 10.7. The molecule has 0 heterocycles. The molecule has 1 unspecified atom stereocenters. The van der Waals surface area contributed by atoms with Crippen molar-refractivity contribution in [2.45, 2.75) is 125 Å². The lowest BCUT2D eigenvalue weighted by molar-refractivity contribution is -0.125. The highest BCUT2D eigenvalue weighted by Crippen LogP contribution is 2.60. The Morgan fingerprint density at radius 2 is 1.12 bits per heavy atom. The summed E-state index contributed by atoms with van der Waals surface area (Å²) < 4.78 is 5.53. The van der Waals surface area contributed by atoms with E-state index < -0.39 is 25.0 Å². The Morgan fingerprint density at radius 3 is 1.50 bits per heavy atom. The molecule has 0 aliphatic heterocycles. The summed E-state index contributed by atoms with van der Waals surface area (Å²) in [6.07, 6.45) is 1.07. The number of nitrogens with one attached hydrogen (secondary N) is 2. The molecule has 0 saturated carbocycles. The van der Waals surface area contributed by atoms with Crippen LogP contribution in [0.1, 0.15) is 107 Å². The normalized spacial score (nSPS) is 14.1. The summed E-state index contributed by atoms with van der Waals surface area (Å²) in [6, 6.07) is 28.2. The molecule has 2 amide bonds. The molecule has 3 aromatic rings. The second-order valence-electron chi connectivity index (χ2n) is 17.1. The zero-order valence-electron chi connectivity index (χ0n) is 31.9. The Balaban J connectivity index is 2.18. The molecule has 5 nitrogen and oxygen atoms in total. The summed E-state index contributed by atoms with van der Waals surface area (Å²) in [5, 5.41) is 8.94. The van der Waals surface area contributed by atoms with Crippen molar-refractivity contribution in [1.82, 2.24) is 10.6 Å². The highest BCUT2D eigenvalue weighted by molar-refractivity contribution is 7.88. The van der Waals surface area contributed by atoms with Crippen LogP contribution >= 0.6 is 7.26 Å². The number of carbonyl (C=O) groups is 2. The van der Waals surface area contributed by atoms with Gasteiger partial charge in [-0.3, -0.25) is 4.79 Å². The Morgan fingerprint density at radius 1 is 0.667 bits per heavy atom. The lowest BCUT2D eigenvalue weighted by Crippen LogP contribution is -2.55. The molecular formula is C42H62N2O3P+. The van der Waals surface area contributed by atoms with E-state index in [4.69, 9.17) is 4.74 Å². The third-order valence-corrected chi connectivity index (χ3v) is 13.4. The molecule has 0 spiro atoms. The van der Waals surface area contributed by atoms with Crippen molar-refractivity contribution in [2.24, 2.45) is 11.8 Å². The minimum Gasteiger partial charge on any atom is -0.444 e.